The van der Waals surface area contributed by atoms with E-state index in [0.717, 1.165) is 13.1 Å². The predicted octanol–water partition coefficient (Wildman–Crippen LogP) is 1.75. The summed E-state index contributed by atoms with van der Waals surface area (Å²) in [5.41, 5.74) is 0.548. The van der Waals surface area contributed by atoms with Gasteiger partial charge in [-0.2, -0.15) is 0 Å². The highest BCUT2D eigenvalue weighted by atomic mass is 16.7. The molecule has 0 spiro atoms. The SMILES string of the molecule is CC(C=CN1CCCC1)=C1C(=O)OC(C)(C)OC1=O. The molecule has 19 heavy (non-hydrogen) atoms. The van der Waals surface area contributed by atoms with Gasteiger partial charge in [0.15, 0.2) is 0 Å². The molecule has 2 aliphatic heterocycles. The highest BCUT2D eigenvalue weighted by Gasteiger charge is 2.39. The van der Waals surface area contributed by atoms with Crippen molar-refractivity contribution in [2.45, 2.75) is 39.4 Å². The van der Waals surface area contributed by atoms with E-state index in [2.05, 4.69) is 4.90 Å². The molecule has 0 atom stereocenters. The van der Waals surface area contributed by atoms with Crippen molar-refractivity contribution < 1.29 is 19.1 Å². The van der Waals surface area contributed by atoms with Gasteiger partial charge in [-0.15, -0.1) is 0 Å². The molecule has 0 amide bonds. The lowest BCUT2D eigenvalue weighted by Gasteiger charge is -2.30. The summed E-state index contributed by atoms with van der Waals surface area (Å²) >= 11 is 0. The van der Waals surface area contributed by atoms with E-state index in [9.17, 15) is 9.59 Å². The lowest BCUT2D eigenvalue weighted by atomic mass is 10.1. The number of cyclic esters (lactones) is 2. The van der Waals surface area contributed by atoms with Gasteiger partial charge in [0.2, 0.25) is 0 Å². The van der Waals surface area contributed by atoms with Crippen molar-refractivity contribution in [3.8, 4) is 0 Å². The normalized spacial score (nSPS) is 22.7. The predicted molar refractivity (Wildman–Crippen MR) is 68.9 cm³/mol. The van der Waals surface area contributed by atoms with Gasteiger partial charge in [0.05, 0.1) is 0 Å². The van der Waals surface area contributed by atoms with Crippen LogP contribution in [0.1, 0.15) is 33.6 Å². The highest BCUT2D eigenvalue weighted by Crippen LogP contribution is 2.25. The molecule has 2 rings (SSSR count). The fourth-order valence-corrected chi connectivity index (χ4v) is 2.17. The molecule has 2 saturated heterocycles. The summed E-state index contributed by atoms with van der Waals surface area (Å²) in [6, 6.07) is 0. The van der Waals surface area contributed by atoms with Crippen molar-refractivity contribution in [2.24, 2.45) is 0 Å². The van der Waals surface area contributed by atoms with Crippen LogP contribution >= 0.6 is 0 Å². The molecule has 0 radical (unpaired) electrons. The summed E-state index contributed by atoms with van der Waals surface area (Å²) in [5, 5.41) is 0. The second kappa shape index (κ2) is 5.07. The number of allylic oxidation sites excluding steroid dienone is 2. The number of carbonyl (C=O) groups excluding carboxylic acids is 2. The standard InChI is InChI=1S/C14H19NO4/c1-10(6-9-15-7-4-5-8-15)11-12(16)18-14(2,3)19-13(11)17/h6,9H,4-5,7-8H2,1-3H3. The summed E-state index contributed by atoms with van der Waals surface area (Å²) in [6.45, 7) is 6.81. The Morgan fingerprint density at radius 1 is 1.16 bits per heavy atom. The smallest absolute Gasteiger partial charge is 0.349 e. The molecule has 2 heterocycles. The molecule has 0 aromatic carbocycles. The van der Waals surface area contributed by atoms with Gasteiger partial charge in [0.25, 0.3) is 5.79 Å². The highest BCUT2D eigenvalue weighted by molar-refractivity contribution is 6.16. The molecule has 2 aliphatic rings. The molecule has 0 saturated carbocycles. The number of likely N-dealkylation sites (tertiary alicyclic amines) is 1. The summed E-state index contributed by atoms with van der Waals surface area (Å²) < 4.78 is 10.1. The number of ether oxygens (including phenoxy) is 2. The van der Waals surface area contributed by atoms with E-state index < -0.39 is 17.7 Å². The average Bonchev–Trinajstić information content (AvgIpc) is 2.76. The Balaban J connectivity index is 2.15. The Hall–Kier alpha value is -1.78. The lowest BCUT2D eigenvalue weighted by molar-refractivity contribution is -0.222. The molecule has 2 fully saturated rings. The summed E-state index contributed by atoms with van der Waals surface area (Å²) in [5.74, 6) is -2.42. The largest absolute Gasteiger partial charge is 0.419 e. The zero-order chi connectivity index (χ0) is 14.0. The molecule has 5 nitrogen and oxygen atoms in total. The maximum absolute atomic E-state index is 11.8. The van der Waals surface area contributed by atoms with Crippen LogP contribution in [0.5, 0.6) is 0 Å². The van der Waals surface area contributed by atoms with Crippen molar-refractivity contribution in [1.82, 2.24) is 4.90 Å². The molecular weight excluding hydrogens is 246 g/mol. The second-order valence-corrected chi connectivity index (χ2v) is 5.30. The maximum atomic E-state index is 11.8. The summed E-state index contributed by atoms with van der Waals surface area (Å²) in [7, 11) is 0. The number of hydrogen-bond donors (Lipinski definition) is 0. The Bertz CT molecular complexity index is 434. The number of hydrogen-bond acceptors (Lipinski definition) is 5. The molecule has 104 valence electrons. The molecule has 0 bridgehead atoms. The third-order valence-electron chi connectivity index (χ3n) is 3.16. The molecule has 0 N–H and O–H groups in total. The van der Waals surface area contributed by atoms with Crippen LogP contribution in [0.25, 0.3) is 0 Å². The van der Waals surface area contributed by atoms with E-state index in [1.54, 1.807) is 13.0 Å². The van der Waals surface area contributed by atoms with E-state index in [1.807, 2.05) is 6.20 Å². The van der Waals surface area contributed by atoms with E-state index in [1.165, 1.54) is 26.7 Å². The van der Waals surface area contributed by atoms with Gasteiger partial charge < -0.3 is 14.4 Å². The van der Waals surface area contributed by atoms with Crippen molar-refractivity contribution in [1.29, 1.82) is 0 Å². The van der Waals surface area contributed by atoms with Gasteiger partial charge >= 0.3 is 11.9 Å². The zero-order valence-electron chi connectivity index (χ0n) is 11.6. The Labute approximate surface area is 112 Å². The van der Waals surface area contributed by atoms with Crippen LogP contribution in [0.3, 0.4) is 0 Å². The Kier molecular flexibility index (Phi) is 3.64. The quantitative estimate of drug-likeness (QED) is 0.432. The van der Waals surface area contributed by atoms with Crippen LogP contribution in [0.15, 0.2) is 23.4 Å². The first-order valence-electron chi connectivity index (χ1n) is 6.49. The van der Waals surface area contributed by atoms with E-state index >= 15 is 0 Å². The van der Waals surface area contributed by atoms with Crippen molar-refractivity contribution >= 4 is 11.9 Å². The topological polar surface area (TPSA) is 55.8 Å². The van der Waals surface area contributed by atoms with Crippen molar-refractivity contribution in [3.05, 3.63) is 23.4 Å². The minimum absolute atomic E-state index is 0.0187. The third-order valence-corrected chi connectivity index (χ3v) is 3.16. The molecule has 0 aliphatic carbocycles. The van der Waals surface area contributed by atoms with E-state index in [0.29, 0.717) is 5.57 Å². The van der Waals surface area contributed by atoms with Crippen LogP contribution in [-0.2, 0) is 19.1 Å². The van der Waals surface area contributed by atoms with Crippen LogP contribution in [0, 0.1) is 0 Å². The zero-order valence-corrected chi connectivity index (χ0v) is 11.6. The maximum Gasteiger partial charge on any atom is 0.349 e. The molecular formula is C14H19NO4. The third kappa shape index (κ3) is 3.16. The van der Waals surface area contributed by atoms with Crippen molar-refractivity contribution in [2.75, 3.05) is 13.1 Å². The number of nitrogens with zero attached hydrogens (tertiary/aromatic N) is 1. The van der Waals surface area contributed by atoms with Crippen molar-refractivity contribution in [3.63, 3.8) is 0 Å². The van der Waals surface area contributed by atoms with Gasteiger partial charge in [-0.05, 0) is 37.6 Å². The molecule has 0 aromatic heterocycles. The van der Waals surface area contributed by atoms with Crippen LogP contribution < -0.4 is 0 Å². The van der Waals surface area contributed by atoms with Crippen LogP contribution in [0.4, 0.5) is 0 Å². The molecule has 0 unspecified atom stereocenters. The van der Waals surface area contributed by atoms with Gasteiger partial charge in [-0.25, -0.2) is 9.59 Å². The fourth-order valence-electron chi connectivity index (χ4n) is 2.17. The molecule has 5 heteroatoms. The van der Waals surface area contributed by atoms with E-state index in [-0.39, 0.29) is 5.57 Å². The minimum Gasteiger partial charge on any atom is -0.419 e. The number of carbonyl (C=O) groups is 2. The Morgan fingerprint density at radius 2 is 1.68 bits per heavy atom. The van der Waals surface area contributed by atoms with Gasteiger partial charge in [-0.1, -0.05) is 0 Å². The van der Waals surface area contributed by atoms with Crippen LogP contribution in [-0.4, -0.2) is 35.7 Å². The first-order valence-corrected chi connectivity index (χ1v) is 6.49. The summed E-state index contributed by atoms with van der Waals surface area (Å²) in [6.07, 6.45) is 6.04. The lowest BCUT2D eigenvalue weighted by Crippen LogP contribution is -2.42. The fraction of sp³-hybridized carbons (Fsp3) is 0.571. The average molecular weight is 265 g/mol. The summed E-state index contributed by atoms with van der Waals surface area (Å²) in [4.78, 5) is 25.8. The van der Waals surface area contributed by atoms with Gasteiger partial charge in [-0.3, -0.25) is 0 Å². The molecule has 0 aromatic rings. The van der Waals surface area contributed by atoms with E-state index in [4.69, 9.17) is 9.47 Å². The monoisotopic (exact) mass is 265 g/mol. The number of esters is 2. The first-order chi connectivity index (χ1) is 8.89. The van der Waals surface area contributed by atoms with Gasteiger partial charge in [0, 0.05) is 26.9 Å². The minimum atomic E-state index is -1.18. The van der Waals surface area contributed by atoms with Crippen LogP contribution in [0.2, 0.25) is 0 Å². The first kappa shape index (κ1) is 13.6. The van der Waals surface area contributed by atoms with Gasteiger partial charge in [0.1, 0.15) is 5.57 Å². The second-order valence-electron chi connectivity index (χ2n) is 5.30. The number of rotatable bonds is 2. The Morgan fingerprint density at radius 3 is 2.21 bits per heavy atom.